The first-order valence-corrected chi connectivity index (χ1v) is 9.03. The fourth-order valence-electron chi connectivity index (χ4n) is 1.97. The molecule has 0 saturated heterocycles. The predicted octanol–water partition coefficient (Wildman–Crippen LogP) is 1.46. The molecule has 0 aliphatic rings. The summed E-state index contributed by atoms with van der Waals surface area (Å²) in [6.07, 6.45) is 0.755. The predicted molar refractivity (Wildman–Crippen MR) is 88.5 cm³/mol. The third-order valence-corrected chi connectivity index (χ3v) is 4.47. The van der Waals surface area contributed by atoms with Crippen molar-refractivity contribution in [3.63, 3.8) is 0 Å². The maximum absolute atomic E-state index is 12.1. The number of carbonyl (C=O) groups is 1. The van der Waals surface area contributed by atoms with Gasteiger partial charge in [-0.15, -0.1) is 0 Å². The number of nitrogens with one attached hydrogen (secondary N) is 1. The van der Waals surface area contributed by atoms with Crippen molar-refractivity contribution in [3.8, 4) is 0 Å². The Morgan fingerprint density at radius 3 is 2.48 bits per heavy atom. The number of carbonyl (C=O) groups excluding carboxylic acids is 1. The van der Waals surface area contributed by atoms with Crippen molar-refractivity contribution in [3.05, 3.63) is 29.8 Å². The summed E-state index contributed by atoms with van der Waals surface area (Å²) < 4.78 is 27.7. The van der Waals surface area contributed by atoms with E-state index in [4.69, 9.17) is 9.88 Å². The van der Waals surface area contributed by atoms with Crippen molar-refractivity contribution < 1.29 is 17.9 Å². The summed E-state index contributed by atoms with van der Waals surface area (Å²) in [5, 5.41) is 7.89. The second kappa shape index (κ2) is 8.85. The van der Waals surface area contributed by atoms with E-state index in [0.29, 0.717) is 19.8 Å². The van der Waals surface area contributed by atoms with Crippen molar-refractivity contribution in [2.45, 2.75) is 31.2 Å². The van der Waals surface area contributed by atoms with Gasteiger partial charge in [0.25, 0.3) is 0 Å². The molecule has 0 radical (unpaired) electrons. The summed E-state index contributed by atoms with van der Waals surface area (Å²) in [6, 6.07) is 5.80. The van der Waals surface area contributed by atoms with Gasteiger partial charge in [0.1, 0.15) is 0 Å². The maximum Gasteiger partial charge on any atom is 0.317 e. The van der Waals surface area contributed by atoms with Gasteiger partial charge in [-0.05, 0) is 38.0 Å². The fourth-order valence-corrected chi connectivity index (χ4v) is 2.49. The van der Waals surface area contributed by atoms with Crippen molar-refractivity contribution in [1.29, 1.82) is 0 Å². The van der Waals surface area contributed by atoms with E-state index in [0.717, 1.165) is 12.0 Å². The first-order chi connectivity index (χ1) is 10.8. The quantitative estimate of drug-likeness (QED) is 0.698. The molecule has 130 valence electrons. The Kier molecular flexibility index (Phi) is 7.47. The monoisotopic (exact) mass is 343 g/mol. The Morgan fingerprint density at radius 1 is 1.35 bits per heavy atom. The van der Waals surface area contributed by atoms with E-state index in [-0.39, 0.29) is 17.0 Å². The first kappa shape index (κ1) is 19.4. The lowest BCUT2D eigenvalue weighted by Gasteiger charge is -2.25. The van der Waals surface area contributed by atoms with Crippen LogP contribution in [0.2, 0.25) is 0 Å². The molecule has 0 bridgehead atoms. The number of amides is 2. The summed E-state index contributed by atoms with van der Waals surface area (Å²) in [5.41, 5.74) is 0.823. The molecule has 7 nitrogen and oxygen atoms in total. The number of ether oxygens (including phenoxy) is 1. The van der Waals surface area contributed by atoms with Crippen LogP contribution in [0, 0.1) is 0 Å². The standard InChI is InChI=1S/C15H25N3O4S/c1-4-22-11-5-10-17-15(19)18(3)12(2)13-6-8-14(9-7-13)23(16,20)21/h6-9,12H,4-5,10-11H2,1-3H3,(H,17,19)(H2,16,20,21)/t12-/m0/s1. The molecule has 0 saturated carbocycles. The van der Waals surface area contributed by atoms with Crippen LogP contribution < -0.4 is 10.5 Å². The molecule has 1 aromatic carbocycles. The highest BCUT2D eigenvalue weighted by Gasteiger charge is 2.17. The third kappa shape index (κ3) is 6.17. The average Bonchev–Trinajstić information content (AvgIpc) is 2.52. The van der Waals surface area contributed by atoms with Gasteiger partial charge >= 0.3 is 6.03 Å². The molecule has 0 fully saturated rings. The van der Waals surface area contributed by atoms with Crippen LogP contribution in [0.1, 0.15) is 31.9 Å². The van der Waals surface area contributed by atoms with Gasteiger partial charge in [0.15, 0.2) is 0 Å². The summed E-state index contributed by atoms with van der Waals surface area (Å²) in [7, 11) is -2.02. The minimum Gasteiger partial charge on any atom is -0.382 e. The van der Waals surface area contributed by atoms with Gasteiger partial charge in [-0.25, -0.2) is 18.4 Å². The lowest BCUT2D eigenvalue weighted by Crippen LogP contribution is -2.39. The lowest BCUT2D eigenvalue weighted by molar-refractivity contribution is 0.143. The molecule has 0 aliphatic heterocycles. The second-order valence-corrected chi connectivity index (χ2v) is 6.74. The van der Waals surface area contributed by atoms with Crippen molar-refractivity contribution >= 4 is 16.1 Å². The molecule has 0 unspecified atom stereocenters. The van der Waals surface area contributed by atoms with E-state index in [1.54, 1.807) is 24.1 Å². The maximum atomic E-state index is 12.1. The Bertz CT molecular complexity index is 602. The normalized spacial score (nSPS) is 12.7. The number of hydrogen-bond acceptors (Lipinski definition) is 4. The molecule has 0 spiro atoms. The number of sulfonamides is 1. The van der Waals surface area contributed by atoms with Gasteiger partial charge < -0.3 is 15.0 Å². The highest BCUT2D eigenvalue weighted by molar-refractivity contribution is 7.89. The van der Waals surface area contributed by atoms with Gasteiger partial charge in [0, 0.05) is 26.8 Å². The van der Waals surface area contributed by atoms with Crippen molar-refractivity contribution in [1.82, 2.24) is 10.2 Å². The van der Waals surface area contributed by atoms with Crippen LogP contribution in [-0.2, 0) is 14.8 Å². The number of nitrogens with two attached hydrogens (primary N) is 1. The van der Waals surface area contributed by atoms with E-state index < -0.39 is 10.0 Å². The van der Waals surface area contributed by atoms with Gasteiger partial charge in [-0.2, -0.15) is 0 Å². The zero-order valence-corrected chi connectivity index (χ0v) is 14.6. The zero-order valence-electron chi connectivity index (χ0n) is 13.8. The van der Waals surface area contributed by atoms with Crippen LogP contribution in [0.25, 0.3) is 0 Å². The first-order valence-electron chi connectivity index (χ1n) is 7.48. The molecule has 23 heavy (non-hydrogen) atoms. The average molecular weight is 343 g/mol. The molecule has 3 N–H and O–H groups in total. The summed E-state index contributed by atoms with van der Waals surface area (Å²) in [6.45, 7) is 5.62. The lowest BCUT2D eigenvalue weighted by atomic mass is 10.1. The third-order valence-electron chi connectivity index (χ3n) is 3.54. The molecular formula is C15H25N3O4S. The van der Waals surface area contributed by atoms with Gasteiger partial charge in [0.2, 0.25) is 10.0 Å². The number of primary sulfonamides is 1. The summed E-state index contributed by atoms with van der Waals surface area (Å²) in [5.74, 6) is 0. The summed E-state index contributed by atoms with van der Waals surface area (Å²) >= 11 is 0. The molecule has 0 heterocycles. The van der Waals surface area contributed by atoms with E-state index in [1.165, 1.54) is 12.1 Å². The minimum absolute atomic E-state index is 0.0523. The molecule has 1 atom stereocenters. The number of rotatable bonds is 8. The topological polar surface area (TPSA) is 102 Å². The van der Waals surface area contributed by atoms with Crippen LogP contribution in [0.15, 0.2) is 29.2 Å². The smallest absolute Gasteiger partial charge is 0.317 e. The van der Waals surface area contributed by atoms with E-state index in [9.17, 15) is 13.2 Å². The molecule has 0 aliphatic carbocycles. The molecule has 1 rings (SSSR count). The molecular weight excluding hydrogens is 318 g/mol. The highest BCUT2D eigenvalue weighted by Crippen LogP contribution is 2.20. The van der Waals surface area contributed by atoms with Crippen LogP contribution in [0.5, 0.6) is 0 Å². The van der Waals surface area contributed by atoms with Crippen LogP contribution in [0.4, 0.5) is 4.79 Å². The van der Waals surface area contributed by atoms with Crippen LogP contribution in [-0.4, -0.2) is 46.2 Å². The van der Waals surface area contributed by atoms with E-state index in [2.05, 4.69) is 5.32 Å². The zero-order chi connectivity index (χ0) is 17.5. The highest BCUT2D eigenvalue weighted by atomic mass is 32.2. The second-order valence-electron chi connectivity index (χ2n) is 5.18. The Hall–Kier alpha value is -1.64. The van der Waals surface area contributed by atoms with Gasteiger partial charge in [0.05, 0.1) is 10.9 Å². The number of hydrogen-bond donors (Lipinski definition) is 2. The number of nitrogens with zero attached hydrogens (tertiary/aromatic N) is 1. The number of urea groups is 1. The van der Waals surface area contributed by atoms with E-state index in [1.807, 2.05) is 13.8 Å². The van der Waals surface area contributed by atoms with Gasteiger partial charge in [-0.1, -0.05) is 12.1 Å². The van der Waals surface area contributed by atoms with Crippen molar-refractivity contribution in [2.75, 3.05) is 26.8 Å². The van der Waals surface area contributed by atoms with E-state index >= 15 is 0 Å². The molecule has 0 aromatic heterocycles. The molecule has 2 amide bonds. The number of benzene rings is 1. The van der Waals surface area contributed by atoms with Crippen LogP contribution in [0.3, 0.4) is 0 Å². The Labute approximate surface area is 137 Å². The Morgan fingerprint density at radius 2 is 1.96 bits per heavy atom. The minimum atomic E-state index is -3.71. The molecule has 1 aromatic rings. The van der Waals surface area contributed by atoms with Crippen molar-refractivity contribution in [2.24, 2.45) is 5.14 Å². The van der Waals surface area contributed by atoms with Gasteiger partial charge in [-0.3, -0.25) is 0 Å². The fraction of sp³-hybridized carbons (Fsp3) is 0.533. The summed E-state index contributed by atoms with van der Waals surface area (Å²) in [4.78, 5) is 13.7. The largest absolute Gasteiger partial charge is 0.382 e. The Balaban J connectivity index is 2.58. The van der Waals surface area contributed by atoms with Crippen LogP contribution >= 0.6 is 0 Å². The SMILES string of the molecule is CCOCCCNC(=O)N(C)[C@@H](C)c1ccc(S(N)(=O)=O)cc1. The molecule has 8 heteroatoms.